The van der Waals surface area contributed by atoms with Gasteiger partial charge in [-0.15, -0.1) is 0 Å². The number of rotatable bonds is 5. The fourth-order valence-electron chi connectivity index (χ4n) is 3.64. The lowest BCUT2D eigenvalue weighted by atomic mass is 10.0. The van der Waals surface area contributed by atoms with Crippen LogP contribution in [0.1, 0.15) is 39.6 Å². The molecule has 1 aliphatic heterocycles. The lowest BCUT2D eigenvalue weighted by molar-refractivity contribution is 0.0945. The number of hydrogen-bond donors (Lipinski definition) is 1. The van der Waals surface area contributed by atoms with E-state index in [9.17, 15) is 13.2 Å². The monoisotopic (exact) mass is 424 g/mol. The standard InChI is InChI=1S/C22H24N4O3S/c1-15-3-4-18(11-16(15)2)21-12-20(22(27)24-13-17-5-8-23-9-6-17)25-26(21)19-7-10-30(28,29)14-19/h3-6,8-9,11-12,19H,7,10,13-14H2,1-2H3,(H,24,27). The molecular formula is C22H24N4O3S. The number of amides is 1. The molecular weight excluding hydrogens is 400 g/mol. The minimum Gasteiger partial charge on any atom is -0.347 e. The van der Waals surface area contributed by atoms with E-state index in [0.29, 0.717) is 13.0 Å². The van der Waals surface area contributed by atoms with Gasteiger partial charge in [0.05, 0.1) is 23.2 Å². The van der Waals surface area contributed by atoms with Gasteiger partial charge in [-0.05, 0) is 61.2 Å². The van der Waals surface area contributed by atoms with Crippen molar-refractivity contribution in [3.05, 3.63) is 71.2 Å². The van der Waals surface area contributed by atoms with Crippen molar-refractivity contribution in [2.75, 3.05) is 11.5 Å². The zero-order valence-corrected chi connectivity index (χ0v) is 17.8. The number of pyridine rings is 1. The molecule has 30 heavy (non-hydrogen) atoms. The normalized spacial score (nSPS) is 17.7. The van der Waals surface area contributed by atoms with Crippen molar-refractivity contribution in [3.8, 4) is 11.3 Å². The first-order valence-corrected chi connectivity index (χ1v) is 11.7. The lowest BCUT2D eigenvalue weighted by Gasteiger charge is -2.14. The van der Waals surface area contributed by atoms with Crippen molar-refractivity contribution in [3.63, 3.8) is 0 Å². The van der Waals surface area contributed by atoms with Crippen molar-refractivity contribution < 1.29 is 13.2 Å². The number of nitrogens with one attached hydrogen (secondary N) is 1. The predicted molar refractivity (Wildman–Crippen MR) is 115 cm³/mol. The summed E-state index contributed by atoms with van der Waals surface area (Å²) in [6, 6.07) is 11.2. The molecule has 1 aromatic carbocycles. The Balaban J connectivity index is 1.66. The molecule has 7 nitrogen and oxygen atoms in total. The van der Waals surface area contributed by atoms with Gasteiger partial charge in [0.15, 0.2) is 15.5 Å². The van der Waals surface area contributed by atoms with Crippen LogP contribution in [0.4, 0.5) is 0 Å². The van der Waals surface area contributed by atoms with Gasteiger partial charge in [-0.2, -0.15) is 5.10 Å². The number of nitrogens with zero attached hydrogens (tertiary/aromatic N) is 3. The smallest absolute Gasteiger partial charge is 0.272 e. The molecule has 8 heteroatoms. The van der Waals surface area contributed by atoms with Crippen LogP contribution in [0, 0.1) is 13.8 Å². The molecule has 0 saturated carbocycles. The van der Waals surface area contributed by atoms with Crippen LogP contribution in [-0.4, -0.2) is 40.6 Å². The largest absolute Gasteiger partial charge is 0.347 e. The number of carbonyl (C=O) groups is 1. The van der Waals surface area contributed by atoms with Crippen molar-refractivity contribution in [2.45, 2.75) is 32.9 Å². The molecule has 1 atom stereocenters. The minimum absolute atomic E-state index is 0.0462. The molecule has 156 valence electrons. The van der Waals surface area contributed by atoms with E-state index in [0.717, 1.165) is 22.4 Å². The topological polar surface area (TPSA) is 93.9 Å². The van der Waals surface area contributed by atoms with Gasteiger partial charge in [-0.3, -0.25) is 14.5 Å². The summed E-state index contributed by atoms with van der Waals surface area (Å²) in [4.78, 5) is 16.7. The summed E-state index contributed by atoms with van der Waals surface area (Å²) < 4.78 is 25.8. The van der Waals surface area contributed by atoms with Crippen LogP contribution in [0.2, 0.25) is 0 Å². The van der Waals surface area contributed by atoms with Gasteiger partial charge in [-0.25, -0.2) is 8.42 Å². The molecule has 3 aromatic rings. The molecule has 3 heterocycles. The summed E-state index contributed by atoms with van der Waals surface area (Å²) in [6.45, 7) is 4.44. The van der Waals surface area contributed by atoms with Gasteiger partial charge >= 0.3 is 0 Å². The molecule has 1 N–H and O–H groups in total. The first-order valence-electron chi connectivity index (χ1n) is 9.87. The summed E-state index contributed by atoms with van der Waals surface area (Å²) in [5.41, 5.74) is 5.19. The number of aromatic nitrogens is 3. The maximum absolute atomic E-state index is 12.8. The van der Waals surface area contributed by atoms with E-state index in [1.165, 1.54) is 5.56 Å². The number of sulfone groups is 1. The summed E-state index contributed by atoms with van der Waals surface area (Å²) in [6.07, 6.45) is 3.85. The van der Waals surface area contributed by atoms with Gasteiger partial charge in [-0.1, -0.05) is 12.1 Å². The van der Waals surface area contributed by atoms with Gasteiger partial charge in [0.25, 0.3) is 5.91 Å². The lowest BCUT2D eigenvalue weighted by Crippen LogP contribution is -2.24. The Hall–Kier alpha value is -3.00. The van der Waals surface area contributed by atoms with Gasteiger partial charge in [0.1, 0.15) is 0 Å². The predicted octanol–water partition coefficient (Wildman–Crippen LogP) is 2.85. The zero-order chi connectivity index (χ0) is 21.3. The van der Waals surface area contributed by atoms with Gasteiger partial charge in [0, 0.05) is 24.5 Å². The number of benzene rings is 1. The summed E-state index contributed by atoms with van der Waals surface area (Å²) in [5, 5.41) is 7.40. The number of hydrogen-bond acceptors (Lipinski definition) is 5. The van der Waals surface area contributed by atoms with E-state index in [1.807, 2.05) is 44.2 Å². The SMILES string of the molecule is Cc1ccc(-c2cc(C(=O)NCc3ccncc3)nn2C2CCS(=O)(=O)C2)cc1C. The van der Waals surface area contributed by atoms with Crippen LogP contribution in [0.5, 0.6) is 0 Å². The Morgan fingerprint density at radius 3 is 2.57 bits per heavy atom. The van der Waals surface area contributed by atoms with E-state index in [4.69, 9.17) is 0 Å². The Labute approximate surface area is 176 Å². The summed E-state index contributed by atoms with van der Waals surface area (Å²) in [5.74, 6) is -0.102. The molecule has 2 aromatic heterocycles. The maximum Gasteiger partial charge on any atom is 0.272 e. The number of carbonyl (C=O) groups excluding carboxylic acids is 1. The van der Waals surface area contributed by atoms with E-state index >= 15 is 0 Å². The quantitative estimate of drug-likeness (QED) is 0.680. The molecule has 0 spiro atoms. The Morgan fingerprint density at radius 1 is 1.13 bits per heavy atom. The second kappa shape index (κ2) is 8.02. The molecule has 0 bridgehead atoms. The van der Waals surface area contributed by atoms with E-state index in [2.05, 4.69) is 15.4 Å². The fraction of sp³-hybridized carbons (Fsp3) is 0.318. The Bertz CT molecular complexity index is 1190. The van der Waals surface area contributed by atoms with Crippen LogP contribution < -0.4 is 5.32 Å². The van der Waals surface area contributed by atoms with E-state index in [-0.39, 0.29) is 29.1 Å². The van der Waals surface area contributed by atoms with Crippen molar-refractivity contribution in [2.24, 2.45) is 0 Å². The van der Waals surface area contributed by atoms with Crippen LogP contribution in [-0.2, 0) is 16.4 Å². The average Bonchev–Trinajstić information content (AvgIpc) is 3.32. The third kappa shape index (κ3) is 4.28. The molecule has 0 radical (unpaired) electrons. The summed E-state index contributed by atoms with van der Waals surface area (Å²) >= 11 is 0. The second-order valence-corrected chi connectivity index (χ2v) is 9.98. The Morgan fingerprint density at radius 2 is 1.90 bits per heavy atom. The molecule has 4 rings (SSSR count). The first-order chi connectivity index (χ1) is 14.3. The molecule has 1 fully saturated rings. The van der Waals surface area contributed by atoms with Crippen LogP contribution >= 0.6 is 0 Å². The summed E-state index contributed by atoms with van der Waals surface area (Å²) in [7, 11) is -3.08. The van der Waals surface area contributed by atoms with Crippen LogP contribution in [0.15, 0.2) is 48.8 Å². The van der Waals surface area contributed by atoms with E-state index in [1.54, 1.807) is 23.1 Å². The van der Waals surface area contributed by atoms with Crippen molar-refractivity contribution in [1.82, 2.24) is 20.1 Å². The molecule has 1 amide bonds. The minimum atomic E-state index is -3.08. The van der Waals surface area contributed by atoms with E-state index < -0.39 is 9.84 Å². The van der Waals surface area contributed by atoms with Crippen molar-refractivity contribution in [1.29, 1.82) is 0 Å². The zero-order valence-electron chi connectivity index (χ0n) is 17.0. The first kappa shape index (κ1) is 20.3. The fourth-order valence-corrected chi connectivity index (χ4v) is 5.33. The number of aryl methyl sites for hydroxylation is 2. The average molecular weight is 425 g/mol. The highest BCUT2D eigenvalue weighted by atomic mass is 32.2. The molecule has 0 aliphatic carbocycles. The molecule has 1 aliphatic rings. The highest BCUT2D eigenvalue weighted by Crippen LogP contribution is 2.31. The van der Waals surface area contributed by atoms with Crippen LogP contribution in [0.3, 0.4) is 0 Å². The van der Waals surface area contributed by atoms with Gasteiger partial charge < -0.3 is 5.32 Å². The Kier molecular flexibility index (Phi) is 5.42. The second-order valence-electron chi connectivity index (χ2n) is 7.75. The maximum atomic E-state index is 12.8. The van der Waals surface area contributed by atoms with Gasteiger partial charge in [0.2, 0.25) is 0 Å². The molecule has 1 unspecified atom stereocenters. The third-order valence-corrected chi connectivity index (χ3v) is 7.28. The highest BCUT2D eigenvalue weighted by Gasteiger charge is 2.32. The van der Waals surface area contributed by atoms with Crippen molar-refractivity contribution >= 4 is 15.7 Å². The third-order valence-electron chi connectivity index (χ3n) is 5.53. The highest BCUT2D eigenvalue weighted by molar-refractivity contribution is 7.91. The molecule has 1 saturated heterocycles. The van der Waals surface area contributed by atoms with Crippen LogP contribution in [0.25, 0.3) is 11.3 Å².